The number of unbranched alkanes of at least 4 members (excludes halogenated alkanes) is 41. The normalized spacial score (nSPS) is 13.4. The number of phosphoric acid groups is 1. The molecule has 0 aliphatic rings. The van der Waals surface area contributed by atoms with E-state index in [1.165, 1.54) is 250 Å². The van der Waals surface area contributed by atoms with Gasteiger partial charge >= 0.3 is 11.9 Å². The Bertz CT molecular complexity index is 1380. The smallest absolute Gasteiger partial charge is 0.306 e. The Morgan fingerprint density at radius 3 is 1.05 bits per heavy atom. The van der Waals surface area contributed by atoms with Gasteiger partial charge in [-0.25, -0.2) is 0 Å². The molecule has 2 atom stereocenters. The maximum atomic E-state index is 12.8. The zero-order valence-electron chi connectivity index (χ0n) is 51.0. The van der Waals surface area contributed by atoms with Crippen LogP contribution in [0, 0.1) is 0 Å². The number of allylic oxidation sites excluding steroid dienone is 6. The number of nitrogens with zero attached hydrogens (tertiary/aromatic N) is 1. The number of esters is 2. The number of carbonyl (C=O) groups excluding carboxylic acids is 2. The first-order valence-corrected chi connectivity index (χ1v) is 34.2. The highest BCUT2D eigenvalue weighted by molar-refractivity contribution is 7.45. The van der Waals surface area contributed by atoms with Crippen molar-refractivity contribution in [3.8, 4) is 0 Å². The number of phosphoric ester groups is 1. The highest BCUT2D eigenvalue weighted by Crippen LogP contribution is 2.38. The van der Waals surface area contributed by atoms with Crippen LogP contribution in [0.4, 0.5) is 0 Å². The minimum absolute atomic E-state index is 0.0288. The maximum absolute atomic E-state index is 12.8. The molecule has 0 N–H and O–H groups in total. The summed E-state index contributed by atoms with van der Waals surface area (Å²) in [7, 11) is 1.18. The van der Waals surface area contributed by atoms with E-state index in [9.17, 15) is 19.0 Å². The lowest BCUT2D eigenvalue weighted by Gasteiger charge is -2.28. The first kappa shape index (κ1) is 74.2. The summed E-state index contributed by atoms with van der Waals surface area (Å²) in [5, 5.41) is 0. The fourth-order valence-electron chi connectivity index (χ4n) is 9.57. The van der Waals surface area contributed by atoms with Crippen LogP contribution in [0.3, 0.4) is 0 Å². The summed E-state index contributed by atoms with van der Waals surface area (Å²) in [4.78, 5) is 37.9. The van der Waals surface area contributed by atoms with E-state index in [4.69, 9.17) is 18.5 Å². The topological polar surface area (TPSA) is 111 Å². The third kappa shape index (κ3) is 61.4. The molecule has 0 aliphatic heterocycles. The molecule has 0 saturated carbocycles. The lowest BCUT2D eigenvalue weighted by atomic mass is 10.0. The van der Waals surface area contributed by atoms with Gasteiger partial charge in [-0.3, -0.25) is 14.2 Å². The van der Waals surface area contributed by atoms with Gasteiger partial charge in [-0.05, 0) is 70.6 Å². The molecule has 0 fully saturated rings. The molecule has 9 nitrogen and oxygen atoms in total. The highest BCUT2D eigenvalue weighted by Gasteiger charge is 2.22. The predicted molar refractivity (Wildman–Crippen MR) is 324 cm³/mol. The predicted octanol–water partition coefficient (Wildman–Crippen LogP) is 20.1. The Balaban J connectivity index is 4.00. The first-order valence-electron chi connectivity index (χ1n) is 32.7. The summed E-state index contributed by atoms with van der Waals surface area (Å²) in [6.07, 6.45) is 72.1. The number of carbonyl (C=O) groups is 2. The van der Waals surface area contributed by atoms with E-state index in [1.807, 2.05) is 21.1 Å². The zero-order chi connectivity index (χ0) is 55.6. The van der Waals surface area contributed by atoms with E-state index in [0.717, 1.165) is 38.5 Å². The number of hydrogen-bond acceptors (Lipinski definition) is 8. The second kappa shape index (κ2) is 57.9. The third-order valence-corrected chi connectivity index (χ3v) is 15.6. The zero-order valence-corrected chi connectivity index (χ0v) is 51.9. The van der Waals surface area contributed by atoms with Crippen LogP contribution in [-0.2, 0) is 32.7 Å². The molecular weight excluding hydrogens is 966 g/mol. The van der Waals surface area contributed by atoms with Crippen molar-refractivity contribution >= 4 is 19.8 Å². The number of ether oxygens (including phenoxy) is 2. The van der Waals surface area contributed by atoms with Gasteiger partial charge in [0.25, 0.3) is 7.82 Å². The standard InChI is InChI=1S/C66H126NO8P/c1-6-8-10-12-14-16-18-20-22-24-26-27-28-29-30-31-32-33-34-35-36-37-38-39-41-43-45-47-49-51-53-55-57-59-66(69)75-64(63-74-76(70,71)73-61-60-67(3,4)5)62-72-65(68)58-56-54-52-50-48-46-44-42-40-25-23-21-19-17-15-13-11-9-7-2/h18,20-21,23-24,26,64H,6-17,19,22,25,27-63H2,1-5H3/b20-18-,23-21-,26-24-. The SMILES string of the molecule is CCCCCCC/C=C\C/C=C\CCCCCCCCCCCCCCCCCCCCCCCC(=O)OC(COC(=O)CCCCCCCCCCC/C=C\CCCCCCCC)COP(=O)([O-])OCC[N+](C)(C)C. The number of likely N-dealkylation sites (N-methyl/N-ethyl adjacent to an activating group) is 1. The molecule has 0 amide bonds. The molecule has 0 radical (unpaired) electrons. The van der Waals surface area contributed by atoms with Crippen molar-refractivity contribution in [3.63, 3.8) is 0 Å². The summed E-state index contributed by atoms with van der Waals surface area (Å²) in [6, 6.07) is 0. The van der Waals surface area contributed by atoms with Gasteiger partial charge in [-0.2, -0.15) is 0 Å². The van der Waals surface area contributed by atoms with Gasteiger partial charge in [0, 0.05) is 12.8 Å². The molecule has 0 saturated heterocycles. The Kier molecular flexibility index (Phi) is 56.6. The molecule has 0 aromatic carbocycles. The van der Waals surface area contributed by atoms with Crippen LogP contribution in [0.1, 0.15) is 322 Å². The maximum Gasteiger partial charge on any atom is 0.306 e. The molecule has 0 aromatic rings. The Morgan fingerprint density at radius 1 is 0.408 bits per heavy atom. The lowest BCUT2D eigenvalue weighted by Crippen LogP contribution is -2.37. The van der Waals surface area contributed by atoms with E-state index in [2.05, 4.69) is 50.3 Å². The Labute approximate surface area is 471 Å². The van der Waals surface area contributed by atoms with Crippen LogP contribution in [-0.4, -0.2) is 70.0 Å². The van der Waals surface area contributed by atoms with Crippen molar-refractivity contribution in [2.24, 2.45) is 0 Å². The quantitative estimate of drug-likeness (QED) is 0.0195. The van der Waals surface area contributed by atoms with Crippen molar-refractivity contribution in [2.45, 2.75) is 328 Å². The monoisotopic (exact) mass is 1090 g/mol. The molecule has 0 aliphatic carbocycles. The summed E-state index contributed by atoms with van der Waals surface area (Å²) < 4.78 is 34.2. The van der Waals surface area contributed by atoms with Gasteiger partial charge in [-0.15, -0.1) is 0 Å². The van der Waals surface area contributed by atoms with Crippen molar-refractivity contribution < 1.29 is 42.1 Å². The van der Waals surface area contributed by atoms with Gasteiger partial charge in [0.05, 0.1) is 27.7 Å². The minimum atomic E-state index is -4.64. The van der Waals surface area contributed by atoms with Gasteiger partial charge in [0.1, 0.15) is 19.8 Å². The van der Waals surface area contributed by atoms with Crippen molar-refractivity contribution in [2.75, 3.05) is 47.5 Å². The fourth-order valence-corrected chi connectivity index (χ4v) is 10.3. The van der Waals surface area contributed by atoms with Crippen molar-refractivity contribution in [3.05, 3.63) is 36.5 Å². The van der Waals surface area contributed by atoms with E-state index in [1.54, 1.807) is 0 Å². The molecular formula is C66H126NO8P. The second-order valence-corrected chi connectivity index (χ2v) is 24.9. The van der Waals surface area contributed by atoms with Crippen LogP contribution < -0.4 is 4.89 Å². The molecule has 0 bridgehead atoms. The summed E-state index contributed by atoms with van der Waals surface area (Å²) in [5.41, 5.74) is 0. The van der Waals surface area contributed by atoms with Crippen LogP contribution >= 0.6 is 7.82 Å². The van der Waals surface area contributed by atoms with Gasteiger partial charge in [-0.1, -0.05) is 275 Å². The highest BCUT2D eigenvalue weighted by atomic mass is 31.2. The number of hydrogen-bond donors (Lipinski definition) is 0. The van der Waals surface area contributed by atoms with E-state index in [-0.39, 0.29) is 32.0 Å². The minimum Gasteiger partial charge on any atom is -0.756 e. The molecule has 448 valence electrons. The summed E-state index contributed by atoms with van der Waals surface area (Å²) >= 11 is 0. The fraction of sp³-hybridized carbons (Fsp3) is 0.879. The van der Waals surface area contributed by atoms with Gasteiger partial charge < -0.3 is 27.9 Å². The summed E-state index contributed by atoms with van der Waals surface area (Å²) in [6.45, 7) is 4.27. The van der Waals surface area contributed by atoms with E-state index >= 15 is 0 Å². The van der Waals surface area contributed by atoms with Gasteiger partial charge in [0.2, 0.25) is 0 Å². The summed E-state index contributed by atoms with van der Waals surface area (Å²) in [5.74, 6) is -0.819. The molecule has 2 unspecified atom stereocenters. The van der Waals surface area contributed by atoms with Crippen LogP contribution in [0.2, 0.25) is 0 Å². The van der Waals surface area contributed by atoms with Crippen molar-refractivity contribution in [1.29, 1.82) is 0 Å². The molecule has 0 aromatic heterocycles. The molecule has 0 spiro atoms. The van der Waals surface area contributed by atoms with E-state index in [0.29, 0.717) is 17.4 Å². The van der Waals surface area contributed by atoms with Gasteiger partial charge in [0.15, 0.2) is 6.10 Å². The van der Waals surface area contributed by atoms with E-state index < -0.39 is 26.5 Å². The number of rotatable bonds is 61. The average molecular weight is 1090 g/mol. The first-order chi connectivity index (χ1) is 37.0. The second-order valence-electron chi connectivity index (χ2n) is 23.5. The molecule has 76 heavy (non-hydrogen) atoms. The molecule has 10 heteroatoms. The van der Waals surface area contributed by atoms with Crippen LogP contribution in [0.15, 0.2) is 36.5 Å². The number of quaternary nitrogens is 1. The third-order valence-electron chi connectivity index (χ3n) is 14.6. The largest absolute Gasteiger partial charge is 0.756 e. The van der Waals surface area contributed by atoms with Crippen LogP contribution in [0.5, 0.6) is 0 Å². The lowest BCUT2D eigenvalue weighted by molar-refractivity contribution is -0.870. The Morgan fingerprint density at radius 2 is 0.711 bits per heavy atom. The van der Waals surface area contributed by atoms with Crippen LogP contribution in [0.25, 0.3) is 0 Å². The molecule has 0 heterocycles. The average Bonchev–Trinajstić information content (AvgIpc) is 3.38. The Hall–Kier alpha value is -1.77. The van der Waals surface area contributed by atoms with Crippen molar-refractivity contribution in [1.82, 2.24) is 0 Å². The molecule has 0 rings (SSSR count).